The lowest BCUT2D eigenvalue weighted by Crippen LogP contribution is -2.31. The van der Waals surface area contributed by atoms with E-state index in [1.54, 1.807) is 30.7 Å². The van der Waals surface area contributed by atoms with Gasteiger partial charge in [-0.2, -0.15) is 0 Å². The molecular weight excluding hydrogens is 232 g/mol. The van der Waals surface area contributed by atoms with E-state index in [-0.39, 0.29) is 18.0 Å². The maximum atomic E-state index is 11.6. The third-order valence-corrected chi connectivity index (χ3v) is 2.51. The van der Waals surface area contributed by atoms with Gasteiger partial charge in [0.1, 0.15) is 12.3 Å². The zero-order valence-corrected chi connectivity index (χ0v) is 10.1. The zero-order valence-electron chi connectivity index (χ0n) is 10.1. The first kappa shape index (κ1) is 12.2. The van der Waals surface area contributed by atoms with Crippen LogP contribution in [0, 0.1) is 6.92 Å². The van der Waals surface area contributed by atoms with Crippen molar-refractivity contribution in [1.82, 2.24) is 9.88 Å². The van der Waals surface area contributed by atoms with E-state index in [9.17, 15) is 9.59 Å². The van der Waals surface area contributed by atoms with Crippen LogP contribution in [0.3, 0.4) is 0 Å². The Balaban J connectivity index is 1.93. The third kappa shape index (κ3) is 3.10. The molecule has 0 aromatic carbocycles. The maximum Gasteiger partial charge on any atom is 0.251 e. The first-order chi connectivity index (χ1) is 8.65. The molecule has 0 unspecified atom stereocenters. The highest BCUT2D eigenvalue weighted by Crippen LogP contribution is 1.98. The highest BCUT2D eigenvalue weighted by Gasteiger charge is 2.05. The van der Waals surface area contributed by atoms with Crippen LogP contribution in [-0.4, -0.2) is 10.5 Å². The zero-order chi connectivity index (χ0) is 13.0. The third-order valence-electron chi connectivity index (χ3n) is 2.51. The molecule has 94 valence electrons. The molecule has 0 saturated carbocycles. The average Bonchev–Trinajstić information content (AvgIpc) is 2.83. The van der Waals surface area contributed by atoms with E-state index in [0.717, 1.165) is 5.56 Å². The number of furan rings is 1. The Morgan fingerprint density at radius 2 is 2.28 bits per heavy atom. The fraction of sp³-hybridized carbons (Fsp3) is 0.231. The lowest BCUT2D eigenvalue weighted by Gasteiger charge is -2.06. The second-order valence-electron chi connectivity index (χ2n) is 4.03. The topological polar surface area (TPSA) is 64.2 Å². The van der Waals surface area contributed by atoms with Crippen LogP contribution in [0.1, 0.15) is 11.3 Å². The van der Waals surface area contributed by atoms with Crippen LogP contribution in [0.4, 0.5) is 0 Å². The number of aromatic nitrogens is 1. The minimum atomic E-state index is -0.225. The van der Waals surface area contributed by atoms with Gasteiger partial charge in [0, 0.05) is 12.3 Å². The van der Waals surface area contributed by atoms with E-state index in [2.05, 4.69) is 5.32 Å². The highest BCUT2D eigenvalue weighted by molar-refractivity contribution is 5.75. The fourth-order valence-electron chi connectivity index (χ4n) is 1.55. The van der Waals surface area contributed by atoms with Crippen LogP contribution in [0.15, 0.2) is 45.9 Å². The van der Waals surface area contributed by atoms with Crippen LogP contribution < -0.4 is 10.9 Å². The summed E-state index contributed by atoms with van der Waals surface area (Å²) in [6.45, 7) is 2.18. The first-order valence-electron chi connectivity index (χ1n) is 5.61. The first-order valence-corrected chi connectivity index (χ1v) is 5.61. The summed E-state index contributed by atoms with van der Waals surface area (Å²) < 4.78 is 6.46. The molecule has 0 atom stereocenters. The van der Waals surface area contributed by atoms with Crippen LogP contribution in [0.25, 0.3) is 0 Å². The smallest absolute Gasteiger partial charge is 0.251 e. The molecule has 0 aliphatic rings. The summed E-state index contributed by atoms with van der Waals surface area (Å²) in [7, 11) is 0. The van der Waals surface area contributed by atoms with Gasteiger partial charge in [-0.3, -0.25) is 9.59 Å². The Morgan fingerprint density at radius 3 is 2.94 bits per heavy atom. The summed E-state index contributed by atoms with van der Waals surface area (Å²) in [6, 6.07) is 6.82. The van der Waals surface area contributed by atoms with Crippen molar-refractivity contribution in [1.29, 1.82) is 0 Å². The summed E-state index contributed by atoms with van der Waals surface area (Å²) in [4.78, 5) is 23.2. The number of nitrogens with zero attached hydrogens (tertiary/aromatic N) is 1. The predicted octanol–water partition coefficient (Wildman–Crippen LogP) is 1.07. The molecule has 0 saturated heterocycles. The van der Waals surface area contributed by atoms with Crippen molar-refractivity contribution in [2.75, 3.05) is 0 Å². The van der Waals surface area contributed by atoms with Crippen LogP contribution in [-0.2, 0) is 17.9 Å². The van der Waals surface area contributed by atoms with Gasteiger partial charge >= 0.3 is 0 Å². The van der Waals surface area contributed by atoms with Gasteiger partial charge in [-0.25, -0.2) is 0 Å². The van der Waals surface area contributed by atoms with Crippen LogP contribution in [0.2, 0.25) is 0 Å². The van der Waals surface area contributed by atoms with Crippen molar-refractivity contribution >= 4 is 5.91 Å². The van der Waals surface area contributed by atoms with Crippen molar-refractivity contribution < 1.29 is 9.21 Å². The van der Waals surface area contributed by atoms with Gasteiger partial charge in [0.2, 0.25) is 5.91 Å². The number of carbonyl (C=O) groups is 1. The molecule has 0 fully saturated rings. The second kappa shape index (κ2) is 5.35. The molecule has 18 heavy (non-hydrogen) atoms. The van der Waals surface area contributed by atoms with Crippen molar-refractivity contribution in [3.8, 4) is 0 Å². The molecule has 1 N–H and O–H groups in total. The van der Waals surface area contributed by atoms with Gasteiger partial charge in [0.25, 0.3) is 5.56 Å². The average molecular weight is 246 g/mol. The molecular formula is C13H14N2O3. The number of rotatable bonds is 4. The van der Waals surface area contributed by atoms with Gasteiger partial charge in [-0.1, -0.05) is 0 Å². The lowest BCUT2D eigenvalue weighted by atomic mass is 10.3. The van der Waals surface area contributed by atoms with Gasteiger partial charge in [0.05, 0.1) is 12.8 Å². The molecule has 0 spiro atoms. The molecule has 0 bridgehead atoms. The predicted molar refractivity (Wildman–Crippen MR) is 66.0 cm³/mol. The molecule has 5 heteroatoms. The normalized spacial score (nSPS) is 10.3. The Morgan fingerprint density at radius 1 is 1.44 bits per heavy atom. The van der Waals surface area contributed by atoms with Gasteiger partial charge < -0.3 is 14.3 Å². The summed E-state index contributed by atoms with van der Waals surface area (Å²) in [5.41, 5.74) is 0.704. The van der Waals surface area contributed by atoms with E-state index in [1.807, 2.05) is 6.92 Å². The molecule has 0 radical (unpaired) electrons. The Kier molecular flexibility index (Phi) is 3.62. The number of pyridine rings is 1. The van der Waals surface area contributed by atoms with Gasteiger partial charge in [-0.05, 0) is 30.7 Å². The lowest BCUT2D eigenvalue weighted by molar-refractivity contribution is -0.121. The Bertz CT molecular complexity index is 585. The number of hydrogen-bond acceptors (Lipinski definition) is 3. The number of hydrogen-bond donors (Lipinski definition) is 1. The quantitative estimate of drug-likeness (QED) is 0.877. The highest BCUT2D eigenvalue weighted by atomic mass is 16.3. The minimum Gasteiger partial charge on any atom is -0.467 e. The summed E-state index contributed by atoms with van der Waals surface area (Å²) in [6.07, 6.45) is 3.16. The largest absolute Gasteiger partial charge is 0.467 e. The van der Waals surface area contributed by atoms with Crippen molar-refractivity contribution in [2.24, 2.45) is 0 Å². The van der Waals surface area contributed by atoms with Crippen molar-refractivity contribution in [3.63, 3.8) is 0 Å². The molecule has 2 aromatic heterocycles. The van der Waals surface area contributed by atoms with Crippen LogP contribution in [0.5, 0.6) is 0 Å². The molecule has 1 amide bonds. The summed E-state index contributed by atoms with van der Waals surface area (Å²) in [5, 5.41) is 2.68. The van der Waals surface area contributed by atoms with E-state index in [1.165, 1.54) is 10.6 Å². The van der Waals surface area contributed by atoms with E-state index >= 15 is 0 Å². The minimum absolute atomic E-state index is 0.0137. The molecule has 2 aromatic rings. The number of nitrogens with one attached hydrogen (secondary N) is 1. The van der Waals surface area contributed by atoms with Crippen molar-refractivity contribution in [3.05, 3.63) is 58.4 Å². The SMILES string of the molecule is Cc1ccn(CC(=O)NCc2ccco2)c(=O)c1. The standard InChI is InChI=1S/C13H14N2O3/c1-10-4-5-15(13(17)7-10)9-12(16)14-8-11-3-2-6-18-11/h2-7H,8-9H2,1H3,(H,14,16). The molecule has 2 heterocycles. The number of amides is 1. The monoisotopic (exact) mass is 246 g/mol. The Hall–Kier alpha value is -2.30. The summed E-state index contributed by atoms with van der Waals surface area (Å²) >= 11 is 0. The molecule has 0 aliphatic heterocycles. The van der Waals surface area contributed by atoms with Gasteiger partial charge in [0.15, 0.2) is 0 Å². The van der Waals surface area contributed by atoms with Gasteiger partial charge in [-0.15, -0.1) is 0 Å². The van der Waals surface area contributed by atoms with E-state index in [0.29, 0.717) is 12.3 Å². The number of carbonyl (C=O) groups excluding carboxylic acids is 1. The van der Waals surface area contributed by atoms with E-state index < -0.39 is 0 Å². The fourth-order valence-corrected chi connectivity index (χ4v) is 1.55. The molecule has 0 aliphatic carbocycles. The molecule has 5 nitrogen and oxygen atoms in total. The molecule has 2 rings (SSSR count). The Labute approximate surface area is 104 Å². The van der Waals surface area contributed by atoms with E-state index in [4.69, 9.17) is 4.42 Å². The van der Waals surface area contributed by atoms with Crippen LogP contribution >= 0.6 is 0 Å². The summed E-state index contributed by atoms with van der Waals surface area (Å²) in [5.74, 6) is 0.456. The van der Waals surface area contributed by atoms with Crippen molar-refractivity contribution in [2.45, 2.75) is 20.0 Å². The maximum absolute atomic E-state index is 11.6. The second-order valence-corrected chi connectivity index (χ2v) is 4.03. The number of aryl methyl sites for hydroxylation is 1.